The summed E-state index contributed by atoms with van der Waals surface area (Å²) in [6.45, 7) is 6.81. The first kappa shape index (κ1) is 22.0. The molecule has 0 saturated heterocycles. The molecular weight excluding hydrogens is 448 g/mol. The molecule has 1 aliphatic rings. The minimum absolute atomic E-state index is 0.180. The first-order valence-electron chi connectivity index (χ1n) is 11.3. The number of imidazole rings is 1. The molecule has 0 bridgehead atoms. The van der Waals surface area contributed by atoms with Crippen molar-refractivity contribution in [2.24, 2.45) is 4.99 Å². The van der Waals surface area contributed by atoms with Gasteiger partial charge in [0, 0.05) is 29.2 Å². The SMILES string of the molecule is CCC1=CN=CCN1c1cc(C(=O)NC(CC)c2ncn[nH]2)cn2c(-c3ccc(C)s3)cnc12. The summed E-state index contributed by atoms with van der Waals surface area (Å²) < 4.78 is 2.02. The molecule has 0 radical (unpaired) electrons. The van der Waals surface area contributed by atoms with E-state index in [1.54, 1.807) is 11.3 Å². The molecule has 4 aromatic rings. The zero-order chi connectivity index (χ0) is 23.7. The Morgan fingerprint density at radius 3 is 2.88 bits per heavy atom. The predicted molar refractivity (Wildman–Crippen MR) is 134 cm³/mol. The summed E-state index contributed by atoms with van der Waals surface area (Å²) in [5.74, 6) is 0.457. The van der Waals surface area contributed by atoms with Crippen molar-refractivity contribution >= 4 is 34.8 Å². The molecule has 1 amide bonds. The van der Waals surface area contributed by atoms with Crippen molar-refractivity contribution in [2.45, 2.75) is 39.7 Å². The molecule has 0 aromatic carbocycles. The Morgan fingerprint density at radius 1 is 1.29 bits per heavy atom. The monoisotopic (exact) mass is 474 g/mol. The van der Waals surface area contributed by atoms with E-state index in [1.165, 1.54) is 11.2 Å². The van der Waals surface area contributed by atoms with Crippen LogP contribution in [0.15, 0.2) is 53.8 Å². The molecule has 10 heteroatoms. The predicted octanol–water partition coefficient (Wildman–Crippen LogP) is 4.51. The third kappa shape index (κ3) is 4.01. The molecule has 0 spiro atoms. The third-order valence-electron chi connectivity index (χ3n) is 5.91. The Morgan fingerprint density at radius 2 is 2.18 bits per heavy atom. The van der Waals surface area contributed by atoms with Crippen molar-refractivity contribution in [3.05, 3.63) is 65.1 Å². The summed E-state index contributed by atoms with van der Waals surface area (Å²) in [6, 6.07) is 5.85. The van der Waals surface area contributed by atoms with Gasteiger partial charge in [0.05, 0.1) is 40.6 Å². The van der Waals surface area contributed by atoms with Crippen LogP contribution in [0.2, 0.25) is 0 Å². The van der Waals surface area contributed by atoms with Gasteiger partial charge in [-0.05, 0) is 38.0 Å². The molecule has 1 atom stereocenters. The molecule has 0 fully saturated rings. The molecule has 0 aliphatic carbocycles. The summed E-state index contributed by atoms with van der Waals surface area (Å²) in [7, 11) is 0. The van der Waals surface area contributed by atoms with Gasteiger partial charge in [-0.25, -0.2) is 9.97 Å². The van der Waals surface area contributed by atoms with Gasteiger partial charge in [0.15, 0.2) is 5.65 Å². The maximum Gasteiger partial charge on any atom is 0.253 e. The Balaban J connectivity index is 1.62. The van der Waals surface area contributed by atoms with Crippen LogP contribution in [0.1, 0.15) is 53.8 Å². The number of carbonyl (C=O) groups is 1. The van der Waals surface area contributed by atoms with Gasteiger partial charge in [-0.1, -0.05) is 13.8 Å². The lowest BCUT2D eigenvalue weighted by atomic mass is 10.1. The number of aliphatic imine (C=N–C) groups is 1. The van der Waals surface area contributed by atoms with Crippen LogP contribution in [0, 0.1) is 6.92 Å². The quantitative estimate of drug-likeness (QED) is 0.410. The summed E-state index contributed by atoms with van der Waals surface area (Å²) in [4.78, 5) is 31.3. The van der Waals surface area contributed by atoms with Crippen molar-refractivity contribution in [3.63, 3.8) is 0 Å². The number of nitrogens with zero attached hydrogens (tertiary/aromatic N) is 6. The third-order valence-corrected chi connectivity index (χ3v) is 6.93. The second-order valence-corrected chi connectivity index (χ2v) is 9.37. The minimum Gasteiger partial charge on any atom is -0.342 e. The molecule has 1 aliphatic heterocycles. The van der Waals surface area contributed by atoms with E-state index in [9.17, 15) is 4.79 Å². The van der Waals surface area contributed by atoms with Gasteiger partial charge in [0.1, 0.15) is 12.2 Å². The summed E-state index contributed by atoms with van der Waals surface area (Å²) in [6.07, 6.45) is 10.4. The molecule has 0 saturated carbocycles. The molecule has 34 heavy (non-hydrogen) atoms. The fourth-order valence-electron chi connectivity index (χ4n) is 4.12. The van der Waals surface area contributed by atoms with Gasteiger partial charge in [0.25, 0.3) is 5.91 Å². The average Bonchev–Trinajstić information content (AvgIpc) is 3.62. The second-order valence-electron chi connectivity index (χ2n) is 8.08. The van der Waals surface area contributed by atoms with Crippen molar-refractivity contribution in [3.8, 4) is 10.6 Å². The average molecular weight is 475 g/mol. The number of hydrogen-bond donors (Lipinski definition) is 2. The number of aromatic nitrogens is 5. The van der Waals surface area contributed by atoms with Crippen LogP contribution in [-0.4, -0.2) is 43.2 Å². The summed E-state index contributed by atoms with van der Waals surface area (Å²) in [5, 5.41) is 9.88. The number of pyridine rings is 1. The highest BCUT2D eigenvalue weighted by atomic mass is 32.1. The van der Waals surface area contributed by atoms with Crippen molar-refractivity contribution < 1.29 is 4.79 Å². The van der Waals surface area contributed by atoms with Gasteiger partial charge < -0.3 is 10.2 Å². The van der Waals surface area contributed by atoms with E-state index in [0.717, 1.165) is 34.0 Å². The smallest absolute Gasteiger partial charge is 0.253 e. The number of aromatic amines is 1. The van der Waals surface area contributed by atoms with E-state index in [-0.39, 0.29) is 11.9 Å². The van der Waals surface area contributed by atoms with E-state index in [1.807, 2.05) is 42.2 Å². The highest BCUT2D eigenvalue weighted by molar-refractivity contribution is 7.15. The first-order valence-corrected chi connectivity index (χ1v) is 12.1. The van der Waals surface area contributed by atoms with Crippen LogP contribution in [-0.2, 0) is 0 Å². The standard InChI is InChI=1S/C24H26N8OS/c1-4-17-11-25-8-9-31(17)19-10-16(24(33)29-18(5-2)22-27-14-28-30-22)13-32-20(12-26-23(19)32)21-7-6-15(3)34-21/h6-8,10-14,18H,4-5,9H2,1-3H3,(H,29,33)(H,27,28,30). The number of anilines is 1. The van der Waals surface area contributed by atoms with Crippen molar-refractivity contribution in [1.29, 1.82) is 0 Å². The van der Waals surface area contributed by atoms with Gasteiger partial charge in [-0.3, -0.25) is 19.3 Å². The number of allylic oxidation sites excluding steroid dienone is 1. The number of rotatable bonds is 7. The van der Waals surface area contributed by atoms with Gasteiger partial charge >= 0.3 is 0 Å². The molecule has 5 rings (SSSR count). The minimum atomic E-state index is -0.260. The fourth-order valence-corrected chi connectivity index (χ4v) is 5.00. The van der Waals surface area contributed by atoms with Crippen LogP contribution < -0.4 is 10.2 Å². The molecular formula is C24H26N8OS. The zero-order valence-electron chi connectivity index (χ0n) is 19.3. The van der Waals surface area contributed by atoms with Crippen LogP contribution in [0.25, 0.3) is 16.2 Å². The van der Waals surface area contributed by atoms with Crippen LogP contribution in [0.5, 0.6) is 0 Å². The van der Waals surface area contributed by atoms with E-state index in [0.29, 0.717) is 24.4 Å². The van der Waals surface area contributed by atoms with E-state index >= 15 is 0 Å². The highest BCUT2D eigenvalue weighted by Gasteiger charge is 2.23. The summed E-state index contributed by atoms with van der Waals surface area (Å²) >= 11 is 1.71. The number of thiophene rings is 1. The number of H-pyrrole nitrogens is 1. The molecule has 1 unspecified atom stereocenters. The largest absolute Gasteiger partial charge is 0.342 e. The van der Waals surface area contributed by atoms with E-state index < -0.39 is 0 Å². The van der Waals surface area contributed by atoms with E-state index in [4.69, 9.17) is 4.98 Å². The normalized spacial score (nSPS) is 14.4. The van der Waals surface area contributed by atoms with Crippen LogP contribution in [0.4, 0.5) is 5.69 Å². The number of aryl methyl sites for hydroxylation is 1. The molecule has 174 valence electrons. The maximum atomic E-state index is 13.4. The topological polar surface area (TPSA) is 104 Å². The Kier molecular flexibility index (Phi) is 5.97. The van der Waals surface area contributed by atoms with Gasteiger partial charge in [-0.15, -0.1) is 11.3 Å². The number of fused-ring (bicyclic) bond motifs is 1. The van der Waals surface area contributed by atoms with E-state index in [2.05, 4.69) is 56.4 Å². The number of carbonyl (C=O) groups excluding carboxylic acids is 1. The first-order chi connectivity index (χ1) is 16.6. The van der Waals surface area contributed by atoms with Crippen molar-refractivity contribution in [1.82, 2.24) is 29.9 Å². The molecule has 2 N–H and O–H groups in total. The van der Waals surface area contributed by atoms with Gasteiger partial charge in [-0.2, -0.15) is 5.10 Å². The zero-order valence-corrected chi connectivity index (χ0v) is 20.1. The lowest BCUT2D eigenvalue weighted by Gasteiger charge is -2.28. The number of hydrogen-bond acceptors (Lipinski definition) is 7. The molecule has 4 aromatic heterocycles. The lowest BCUT2D eigenvalue weighted by molar-refractivity contribution is 0.0933. The summed E-state index contributed by atoms with van der Waals surface area (Å²) in [5.41, 5.74) is 4.25. The molecule has 9 nitrogen and oxygen atoms in total. The van der Waals surface area contributed by atoms with Crippen LogP contribution >= 0.6 is 11.3 Å². The van der Waals surface area contributed by atoms with Crippen molar-refractivity contribution in [2.75, 3.05) is 11.4 Å². The van der Waals surface area contributed by atoms with Crippen LogP contribution in [0.3, 0.4) is 0 Å². The fraction of sp³-hybridized carbons (Fsp3) is 0.292. The Labute approximate surface area is 201 Å². The van der Waals surface area contributed by atoms with Gasteiger partial charge in [0.2, 0.25) is 0 Å². The second kappa shape index (κ2) is 9.22. The lowest BCUT2D eigenvalue weighted by Crippen LogP contribution is -2.30. The highest BCUT2D eigenvalue weighted by Crippen LogP contribution is 2.34. The maximum absolute atomic E-state index is 13.4. The number of amides is 1. The Bertz CT molecular complexity index is 1380. The number of nitrogens with one attached hydrogen (secondary N) is 2. The Hall–Kier alpha value is -3.79. The molecule has 5 heterocycles.